The Morgan fingerprint density at radius 3 is 1.89 bits per heavy atom. The maximum Gasteiger partial charge on any atom is 0.359 e. The summed E-state index contributed by atoms with van der Waals surface area (Å²) < 4.78 is 31.9. The highest BCUT2D eigenvalue weighted by Crippen LogP contribution is 2.74. The van der Waals surface area contributed by atoms with E-state index < -0.39 is 81.9 Å². The molecular formula is C29H34N4O12. The highest BCUT2D eigenvalue weighted by molar-refractivity contribution is 6.10. The molecule has 16 heteroatoms. The van der Waals surface area contributed by atoms with Crippen molar-refractivity contribution in [3.05, 3.63) is 28.2 Å². The van der Waals surface area contributed by atoms with Gasteiger partial charge in [-0.2, -0.15) is 10.1 Å². The lowest BCUT2D eigenvalue weighted by Crippen LogP contribution is -2.70. The molecule has 1 aromatic heterocycles. The standard InChI is InChI=1S/C29H34N4O12/c1-28-14-10-8-12(31-20(25(37)43-5)16(22(34)40-2)19(30-31)24(36)42-4)17(28)13-9-11-15(28)33-29(14,27(39)45-7)18(23(35)41-3)21(32(13)33)26(38)44-6/h12-15,17H,8-11H2,1-7H3/t12-,13-,14-,15+,17-,28+,29+/m1/s1. The number of fused-ring (bicyclic) bond motifs is 2. The van der Waals surface area contributed by atoms with Crippen molar-refractivity contribution in [1.82, 2.24) is 19.8 Å². The van der Waals surface area contributed by atoms with Crippen molar-refractivity contribution in [2.75, 3.05) is 42.7 Å². The van der Waals surface area contributed by atoms with E-state index in [0.29, 0.717) is 25.7 Å². The van der Waals surface area contributed by atoms with Crippen LogP contribution in [0.2, 0.25) is 0 Å². The van der Waals surface area contributed by atoms with E-state index in [2.05, 4.69) is 5.10 Å². The lowest BCUT2D eigenvalue weighted by Gasteiger charge is -2.63. The van der Waals surface area contributed by atoms with E-state index in [1.165, 1.54) is 26.0 Å². The number of methoxy groups -OCH3 is 6. The molecule has 242 valence electrons. The number of nitrogens with zero attached hydrogens (tertiary/aromatic N) is 4. The van der Waals surface area contributed by atoms with Gasteiger partial charge in [0.2, 0.25) is 0 Å². The molecule has 45 heavy (non-hydrogen) atoms. The summed E-state index contributed by atoms with van der Waals surface area (Å²) in [5.74, 6) is -6.21. The van der Waals surface area contributed by atoms with E-state index in [9.17, 15) is 28.8 Å². The number of carbonyl (C=O) groups excluding carboxylic acids is 6. The van der Waals surface area contributed by atoms with Gasteiger partial charge in [-0.05, 0) is 31.1 Å². The van der Waals surface area contributed by atoms with Crippen molar-refractivity contribution in [2.45, 2.75) is 56.3 Å². The van der Waals surface area contributed by atoms with Crippen molar-refractivity contribution in [3.63, 3.8) is 0 Å². The zero-order valence-corrected chi connectivity index (χ0v) is 25.9. The molecule has 0 amide bonds. The van der Waals surface area contributed by atoms with Crippen LogP contribution in [0.5, 0.6) is 0 Å². The Balaban J connectivity index is 1.64. The summed E-state index contributed by atoms with van der Waals surface area (Å²) in [4.78, 5) is 80.3. The molecule has 1 aromatic rings. The highest BCUT2D eigenvalue weighted by atomic mass is 16.5. The predicted octanol–water partition coefficient (Wildman–Crippen LogP) is 0.419. The summed E-state index contributed by atoms with van der Waals surface area (Å²) in [5.41, 5.74) is -3.73. The van der Waals surface area contributed by atoms with Crippen LogP contribution in [0.3, 0.4) is 0 Å². The number of esters is 6. The second kappa shape index (κ2) is 10.3. The van der Waals surface area contributed by atoms with Gasteiger partial charge < -0.3 is 28.4 Å². The summed E-state index contributed by atoms with van der Waals surface area (Å²) in [5, 5.41) is 7.98. The van der Waals surface area contributed by atoms with Crippen LogP contribution in [0, 0.1) is 17.3 Å². The Bertz CT molecular complexity index is 1580. The maximum absolute atomic E-state index is 14.1. The zero-order chi connectivity index (χ0) is 32.7. The van der Waals surface area contributed by atoms with E-state index in [4.69, 9.17) is 28.4 Å². The quantitative estimate of drug-likeness (QED) is 0.298. The third-order valence-electron chi connectivity index (χ3n) is 10.7. The van der Waals surface area contributed by atoms with E-state index in [1.54, 1.807) is 5.01 Å². The zero-order valence-electron chi connectivity index (χ0n) is 25.9. The van der Waals surface area contributed by atoms with Crippen molar-refractivity contribution >= 4 is 35.8 Å². The molecule has 5 heterocycles. The lowest BCUT2D eigenvalue weighted by molar-refractivity contribution is -0.209. The molecule has 0 radical (unpaired) electrons. The Morgan fingerprint density at radius 2 is 1.31 bits per heavy atom. The molecule has 0 aromatic carbocycles. The number of hydrogen-bond acceptors (Lipinski definition) is 15. The largest absolute Gasteiger partial charge is 0.467 e. The molecule has 0 unspecified atom stereocenters. The van der Waals surface area contributed by atoms with Gasteiger partial charge in [-0.25, -0.2) is 28.8 Å². The first-order valence-electron chi connectivity index (χ1n) is 14.4. The number of aromatic nitrogens is 2. The van der Waals surface area contributed by atoms with Gasteiger partial charge in [-0.1, -0.05) is 6.92 Å². The number of ether oxygens (including phenoxy) is 6. The van der Waals surface area contributed by atoms with E-state index in [-0.39, 0.29) is 23.0 Å². The van der Waals surface area contributed by atoms with Gasteiger partial charge in [0.15, 0.2) is 22.6 Å². The van der Waals surface area contributed by atoms with Crippen LogP contribution in [0.4, 0.5) is 0 Å². The first-order valence-corrected chi connectivity index (χ1v) is 14.4. The van der Waals surface area contributed by atoms with Crippen LogP contribution in [-0.2, 0) is 42.8 Å². The van der Waals surface area contributed by atoms with Crippen LogP contribution in [0.15, 0.2) is 11.3 Å². The molecule has 7 atom stereocenters. The molecule has 3 saturated heterocycles. The fourth-order valence-corrected chi connectivity index (χ4v) is 9.40. The van der Waals surface area contributed by atoms with Crippen molar-refractivity contribution in [3.8, 4) is 0 Å². The first kappa shape index (κ1) is 30.6. The Labute approximate surface area is 257 Å². The van der Waals surface area contributed by atoms with Crippen molar-refractivity contribution in [2.24, 2.45) is 17.3 Å². The number of carbonyl (C=O) groups is 6. The topological polar surface area (TPSA) is 182 Å². The molecule has 0 spiro atoms. The molecule has 5 fully saturated rings. The fourth-order valence-electron chi connectivity index (χ4n) is 9.40. The van der Waals surface area contributed by atoms with E-state index >= 15 is 0 Å². The Hall–Kier alpha value is -4.47. The summed E-state index contributed by atoms with van der Waals surface area (Å²) in [6.45, 7) is 2.03. The van der Waals surface area contributed by atoms with Crippen molar-refractivity contribution in [1.29, 1.82) is 0 Å². The third kappa shape index (κ3) is 3.42. The Morgan fingerprint density at radius 1 is 0.711 bits per heavy atom. The molecule has 6 aliphatic rings. The SMILES string of the molecule is COC(=O)C1=C(C(=O)OC)[C@]2(C(=O)OC)[C@@H]3CC[C@@H](n4nc(C(=O)OC)c(C(=O)OC)c4C(=O)OC)[C@@H]4[C@H]5CC[C@H](N2N15)[C@@]43C. The summed E-state index contributed by atoms with van der Waals surface area (Å²) in [6.07, 6.45) is 1.78. The summed E-state index contributed by atoms with van der Waals surface area (Å²) in [6, 6.07) is -1.50. The van der Waals surface area contributed by atoms with Gasteiger partial charge in [-0.3, -0.25) is 9.69 Å². The van der Waals surface area contributed by atoms with Gasteiger partial charge in [0.25, 0.3) is 0 Å². The predicted molar refractivity (Wildman–Crippen MR) is 146 cm³/mol. The molecule has 2 aliphatic carbocycles. The molecule has 0 N–H and O–H groups in total. The molecule has 16 nitrogen and oxygen atoms in total. The maximum atomic E-state index is 14.1. The summed E-state index contributed by atoms with van der Waals surface area (Å²) in [7, 11) is 6.96. The average Bonchev–Trinajstić information content (AvgIpc) is 3.68. The molecule has 4 bridgehead atoms. The lowest BCUT2D eigenvalue weighted by atomic mass is 9.48. The smallest absolute Gasteiger partial charge is 0.359 e. The van der Waals surface area contributed by atoms with Gasteiger partial charge >= 0.3 is 35.8 Å². The Kier molecular flexibility index (Phi) is 6.98. The van der Waals surface area contributed by atoms with Crippen LogP contribution >= 0.6 is 0 Å². The van der Waals surface area contributed by atoms with Crippen LogP contribution in [-0.4, -0.2) is 116 Å². The van der Waals surface area contributed by atoms with Crippen molar-refractivity contribution < 1.29 is 57.2 Å². The minimum absolute atomic E-state index is 0.110. The summed E-state index contributed by atoms with van der Waals surface area (Å²) >= 11 is 0. The minimum Gasteiger partial charge on any atom is -0.467 e. The number of hydrogen-bond donors (Lipinski definition) is 0. The molecule has 2 saturated carbocycles. The van der Waals surface area contributed by atoms with Gasteiger partial charge in [0, 0.05) is 17.9 Å². The fraction of sp³-hybridized carbons (Fsp3) is 0.621. The second-order valence-electron chi connectivity index (χ2n) is 11.9. The van der Waals surface area contributed by atoms with Crippen LogP contribution < -0.4 is 0 Å². The normalized spacial score (nSPS) is 32.2. The monoisotopic (exact) mass is 630 g/mol. The molecular weight excluding hydrogens is 596 g/mol. The molecule has 7 rings (SSSR count). The first-order chi connectivity index (χ1) is 21.5. The van der Waals surface area contributed by atoms with Crippen LogP contribution in [0.1, 0.15) is 70.0 Å². The minimum atomic E-state index is -1.69. The van der Waals surface area contributed by atoms with Gasteiger partial charge in [0.1, 0.15) is 11.1 Å². The van der Waals surface area contributed by atoms with E-state index in [1.807, 2.05) is 11.9 Å². The second-order valence-corrected chi connectivity index (χ2v) is 11.9. The van der Waals surface area contributed by atoms with Gasteiger partial charge in [0.05, 0.1) is 54.7 Å². The number of rotatable bonds is 7. The van der Waals surface area contributed by atoms with E-state index in [0.717, 1.165) is 21.3 Å². The third-order valence-corrected chi connectivity index (χ3v) is 10.7. The van der Waals surface area contributed by atoms with Crippen LogP contribution in [0.25, 0.3) is 0 Å². The van der Waals surface area contributed by atoms with Gasteiger partial charge in [-0.15, -0.1) is 0 Å². The molecule has 4 aliphatic heterocycles. The average molecular weight is 631 g/mol. The number of hydrazine groups is 1. The highest BCUT2D eigenvalue weighted by Gasteiger charge is 2.84.